The van der Waals surface area contributed by atoms with Crippen molar-refractivity contribution in [3.8, 4) is 78.4 Å². The van der Waals surface area contributed by atoms with Crippen LogP contribution in [0, 0.1) is 12.8 Å². The van der Waals surface area contributed by atoms with Gasteiger partial charge in [-0.15, -0.1) is 0 Å². The molecule has 0 bridgehead atoms. The Bertz CT molecular complexity index is 4070. The molecule has 0 N–H and O–H groups in total. The molecule has 4 aliphatic rings. The smallest absolute Gasteiger partial charge is 0.201 e. The van der Waals surface area contributed by atoms with Gasteiger partial charge < -0.3 is 0 Å². The molecule has 4 aliphatic heterocycles. The lowest BCUT2D eigenvalue weighted by molar-refractivity contribution is -0.742. The van der Waals surface area contributed by atoms with Crippen LogP contribution in [0.2, 0.25) is 0 Å². The first-order valence-electron chi connectivity index (χ1n) is 28.2. The molecule has 14 rings (SSSR count). The van der Waals surface area contributed by atoms with Gasteiger partial charge in [0.25, 0.3) is 0 Å². The number of nitrogens with zero attached hydrogens (tertiary/aromatic N) is 4. The highest BCUT2D eigenvalue weighted by atomic mass is 15.1. The highest BCUT2D eigenvalue weighted by molar-refractivity contribution is 5.81. The van der Waals surface area contributed by atoms with E-state index in [1.165, 1.54) is 112 Å². The molecule has 0 spiro atoms. The van der Waals surface area contributed by atoms with Crippen molar-refractivity contribution in [2.45, 2.75) is 75.4 Å². The van der Waals surface area contributed by atoms with Crippen molar-refractivity contribution in [1.29, 1.82) is 0 Å². The van der Waals surface area contributed by atoms with E-state index >= 15 is 0 Å². The molecule has 4 heteroatoms. The fourth-order valence-corrected chi connectivity index (χ4v) is 14.8. The molecule has 78 heavy (non-hydrogen) atoms. The largest absolute Gasteiger partial charge is 0.213 e. The topological polar surface area (TPSA) is 15.5 Å². The molecule has 10 aromatic rings. The Morgan fingerprint density at radius 2 is 1.14 bits per heavy atom. The van der Waals surface area contributed by atoms with Gasteiger partial charge in [-0.3, -0.25) is 0 Å². The number of allylic oxidation sites excluding steroid dienone is 2. The number of benzene rings is 6. The predicted octanol–water partition coefficient (Wildman–Crippen LogP) is 15.5. The molecule has 0 saturated carbocycles. The van der Waals surface area contributed by atoms with E-state index in [9.17, 15) is 0 Å². The summed E-state index contributed by atoms with van der Waals surface area (Å²) in [6.07, 6.45) is 14.3. The molecule has 0 saturated heterocycles. The van der Waals surface area contributed by atoms with Crippen molar-refractivity contribution in [3.63, 3.8) is 0 Å². The van der Waals surface area contributed by atoms with Gasteiger partial charge in [0.2, 0.25) is 22.8 Å². The molecule has 0 fully saturated rings. The lowest BCUT2D eigenvalue weighted by atomic mass is 9.69. The van der Waals surface area contributed by atoms with Crippen LogP contribution in [0.15, 0.2) is 244 Å². The van der Waals surface area contributed by atoms with Crippen LogP contribution in [-0.2, 0) is 19.0 Å². The summed E-state index contributed by atoms with van der Waals surface area (Å²) in [4.78, 5) is 0. The van der Waals surface area contributed by atoms with Crippen LogP contribution in [0.4, 0.5) is 0 Å². The Balaban J connectivity index is 0.813. The van der Waals surface area contributed by atoms with Crippen molar-refractivity contribution in [1.82, 2.24) is 0 Å². The zero-order valence-corrected chi connectivity index (χ0v) is 45.2. The summed E-state index contributed by atoms with van der Waals surface area (Å²) in [5.41, 5.74) is 25.6. The normalized spacial score (nSPS) is 20.0. The number of hydrogen-bond acceptors (Lipinski definition) is 0. The Morgan fingerprint density at radius 3 is 1.88 bits per heavy atom. The van der Waals surface area contributed by atoms with Gasteiger partial charge in [-0.2, -0.15) is 13.7 Å². The van der Waals surface area contributed by atoms with Gasteiger partial charge in [0.15, 0.2) is 41.9 Å². The maximum Gasteiger partial charge on any atom is 0.213 e. The molecule has 0 radical (unpaired) electrons. The second-order valence-corrected chi connectivity index (χ2v) is 22.9. The number of aryl methyl sites for hydroxylation is 3. The van der Waals surface area contributed by atoms with Crippen LogP contribution in [0.5, 0.6) is 0 Å². The third kappa shape index (κ3) is 7.40. The van der Waals surface area contributed by atoms with Crippen molar-refractivity contribution < 1.29 is 18.3 Å². The first kappa shape index (κ1) is 47.8. The molecule has 8 heterocycles. The van der Waals surface area contributed by atoms with E-state index in [-0.39, 0.29) is 29.5 Å². The molecule has 6 atom stereocenters. The van der Waals surface area contributed by atoms with E-state index < -0.39 is 0 Å². The van der Waals surface area contributed by atoms with Crippen molar-refractivity contribution in [2.24, 2.45) is 13.0 Å². The zero-order valence-electron chi connectivity index (χ0n) is 45.2. The third-order valence-electron chi connectivity index (χ3n) is 18.5. The average Bonchev–Trinajstić information content (AvgIpc) is 4.20. The summed E-state index contributed by atoms with van der Waals surface area (Å²) >= 11 is 0. The van der Waals surface area contributed by atoms with Crippen LogP contribution in [-0.4, -0.2) is 0 Å². The number of hydrogen-bond donors (Lipinski definition) is 0. The summed E-state index contributed by atoms with van der Waals surface area (Å²) < 4.78 is 9.97. The van der Waals surface area contributed by atoms with Gasteiger partial charge in [-0.05, 0) is 149 Å². The van der Waals surface area contributed by atoms with Crippen LogP contribution in [0.1, 0.15) is 90.0 Å². The zero-order chi connectivity index (χ0) is 52.8. The molecular formula is C74H66N4+4. The number of rotatable bonds is 11. The maximum atomic E-state index is 4.63. The van der Waals surface area contributed by atoms with Gasteiger partial charge in [0.05, 0.1) is 23.0 Å². The van der Waals surface area contributed by atoms with E-state index in [4.69, 9.17) is 0 Å². The first-order chi connectivity index (χ1) is 38.2. The Kier molecular flexibility index (Phi) is 11.6. The van der Waals surface area contributed by atoms with E-state index in [1.807, 2.05) is 0 Å². The molecule has 6 unspecified atom stereocenters. The van der Waals surface area contributed by atoms with Gasteiger partial charge in [-0.25, -0.2) is 4.57 Å². The van der Waals surface area contributed by atoms with Crippen LogP contribution in [0.3, 0.4) is 0 Å². The minimum absolute atomic E-state index is 0.0622. The lowest BCUT2D eigenvalue weighted by Crippen LogP contribution is -2.59. The monoisotopic (exact) mass is 1010 g/mol. The SMILES string of the molecule is C=CC1C(C2c3ccccc3-c3ccc(-c4cc(-c5cccc(-c6ccc(CCC7c8ccccc8-c8cccc9[n+]8C7(C=C)CC9C(C)C)c(-c7cccc[n+]7C)c6)c5)ccc4C)c[n+]32)c2ccccc2-c2cccc[n+]21. The molecule has 378 valence electrons. The fourth-order valence-electron chi connectivity index (χ4n) is 14.8. The summed E-state index contributed by atoms with van der Waals surface area (Å²) in [7, 11) is 2.18. The summed E-state index contributed by atoms with van der Waals surface area (Å²) in [5.74, 6) is 1.41. The molecule has 0 aliphatic carbocycles. The van der Waals surface area contributed by atoms with Crippen LogP contribution >= 0.6 is 0 Å². The van der Waals surface area contributed by atoms with Gasteiger partial charge >= 0.3 is 0 Å². The fraction of sp³-hybridized carbons (Fsp3) is 0.189. The second-order valence-electron chi connectivity index (χ2n) is 22.9. The van der Waals surface area contributed by atoms with Gasteiger partial charge in [0, 0.05) is 71.1 Å². The van der Waals surface area contributed by atoms with Crippen molar-refractivity contribution >= 4 is 0 Å². The van der Waals surface area contributed by atoms with Gasteiger partial charge in [0.1, 0.15) is 13.0 Å². The Hall–Kier alpha value is -8.60. The van der Waals surface area contributed by atoms with E-state index in [0.29, 0.717) is 11.8 Å². The summed E-state index contributed by atoms with van der Waals surface area (Å²) in [5, 5.41) is 0. The Morgan fingerprint density at radius 1 is 0.538 bits per heavy atom. The minimum Gasteiger partial charge on any atom is -0.201 e. The molecule has 4 nitrogen and oxygen atoms in total. The van der Waals surface area contributed by atoms with Crippen molar-refractivity contribution in [2.75, 3.05) is 0 Å². The first-order valence-corrected chi connectivity index (χ1v) is 28.2. The van der Waals surface area contributed by atoms with E-state index in [1.54, 1.807) is 0 Å². The predicted molar refractivity (Wildman–Crippen MR) is 315 cm³/mol. The van der Waals surface area contributed by atoms with Crippen LogP contribution in [0.25, 0.3) is 78.4 Å². The standard InChI is InChI=1S/C74H66N4/c1-7-66-72(60-27-13-11-25-58(60)68-30-16-18-42-76(66)68)73-61-28-14-12-26-59(61)69-40-38-55(47-77(69)73)62-44-53(34-33-49(62)5)51-21-19-22-52(43-51)54-36-35-50(63(45-54)67-29-15-17-41-75(67)6)37-39-65-56-23-9-10-24-57(56)70-31-20-32-71-64(48(3)4)46-74(65,8-2)78(70)71/h7-36,38,40-45,47-48,64-66,72-73H,1-2,37,39,46H2,3-6H3/q+4. The van der Waals surface area contributed by atoms with E-state index in [0.717, 1.165) is 19.3 Å². The molecular weight excluding hydrogens is 945 g/mol. The minimum atomic E-state index is -0.194. The molecule has 4 aromatic heterocycles. The third-order valence-corrected chi connectivity index (χ3v) is 18.5. The highest BCUT2D eigenvalue weighted by Crippen LogP contribution is 2.54. The number of fused-ring (bicyclic) bond motifs is 8. The van der Waals surface area contributed by atoms with E-state index in [2.05, 4.69) is 290 Å². The van der Waals surface area contributed by atoms with Crippen molar-refractivity contribution in [3.05, 3.63) is 278 Å². The molecule has 6 aromatic carbocycles. The maximum absolute atomic E-state index is 4.63. The lowest BCUT2D eigenvalue weighted by Gasteiger charge is -2.37. The number of aromatic nitrogens is 4. The average molecular weight is 1010 g/mol. The Labute approximate surface area is 460 Å². The molecule has 0 amide bonds. The quantitative estimate of drug-likeness (QED) is 0.0906. The van der Waals surface area contributed by atoms with Crippen LogP contribution < -0.4 is 18.3 Å². The highest BCUT2D eigenvalue weighted by Gasteiger charge is 2.59. The summed E-state index contributed by atoms with van der Waals surface area (Å²) in [6.45, 7) is 16.1. The van der Waals surface area contributed by atoms with Gasteiger partial charge in [-0.1, -0.05) is 124 Å². The number of pyridine rings is 4. The summed E-state index contributed by atoms with van der Waals surface area (Å²) in [6, 6.07) is 75.5. The second kappa shape index (κ2) is 18.8.